The van der Waals surface area contributed by atoms with Crippen molar-refractivity contribution in [1.29, 1.82) is 0 Å². The fraction of sp³-hybridized carbons (Fsp3) is 0.250. The van der Waals surface area contributed by atoms with Crippen LogP contribution in [0.5, 0.6) is 0 Å². The molecule has 116 valence electrons. The molecule has 3 rings (SSSR count). The van der Waals surface area contributed by atoms with E-state index in [0.717, 1.165) is 18.7 Å². The molecule has 0 N–H and O–H groups in total. The van der Waals surface area contributed by atoms with E-state index in [-0.39, 0.29) is 6.04 Å². The Morgan fingerprint density at radius 3 is 2.70 bits per heavy atom. The zero-order chi connectivity index (χ0) is 16.1. The molecule has 1 atom stereocenters. The van der Waals surface area contributed by atoms with Gasteiger partial charge in [0.05, 0.1) is 6.61 Å². The van der Waals surface area contributed by atoms with Gasteiger partial charge in [-0.25, -0.2) is 4.79 Å². The summed E-state index contributed by atoms with van der Waals surface area (Å²) in [6, 6.07) is 18.4. The van der Waals surface area contributed by atoms with Crippen LogP contribution in [-0.4, -0.2) is 19.1 Å². The zero-order valence-electron chi connectivity index (χ0n) is 13.2. The number of carbonyl (C=O) groups is 1. The predicted molar refractivity (Wildman–Crippen MR) is 91.1 cm³/mol. The minimum absolute atomic E-state index is 0.133. The normalized spacial score (nSPS) is 16.0. The zero-order valence-corrected chi connectivity index (χ0v) is 13.2. The quantitative estimate of drug-likeness (QED) is 0.484. The van der Waals surface area contributed by atoms with Crippen LogP contribution in [0.1, 0.15) is 24.1 Å². The minimum Gasteiger partial charge on any atom is -0.456 e. The Morgan fingerprint density at radius 1 is 1.17 bits per heavy atom. The van der Waals surface area contributed by atoms with E-state index in [2.05, 4.69) is 41.0 Å². The lowest BCUT2D eigenvalue weighted by Gasteiger charge is -2.36. The molecule has 0 bridgehead atoms. The monoisotopic (exact) mass is 305 g/mol. The van der Waals surface area contributed by atoms with E-state index in [1.54, 1.807) is 6.92 Å². The number of rotatable bonds is 2. The molecule has 1 heterocycles. The molecule has 2 aromatic rings. The Morgan fingerprint density at radius 2 is 1.91 bits per heavy atom. The molecule has 23 heavy (non-hydrogen) atoms. The third-order valence-electron chi connectivity index (χ3n) is 3.96. The molecule has 1 unspecified atom stereocenters. The van der Waals surface area contributed by atoms with Crippen molar-refractivity contribution in [2.24, 2.45) is 0 Å². The maximum Gasteiger partial charge on any atom is 0.384 e. The van der Waals surface area contributed by atoms with Gasteiger partial charge in [-0.3, -0.25) is 0 Å². The van der Waals surface area contributed by atoms with Gasteiger partial charge in [-0.1, -0.05) is 48.4 Å². The van der Waals surface area contributed by atoms with Crippen molar-refractivity contribution in [2.45, 2.75) is 19.4 Å². The lowest BCUT2D eigenvalue weighted by molar-refractivity contribution is -0.136. The topological polar surface area (TPSA) is 29.5 Å². The molecule has 2 aromatic carbocycles. The highest BCUT2D eigenvalue weighted by Gasteiger charge is 2.25. The summed E-state index contributed by atoms with van der Waals surface area (Å²) in [6.07, 6.45) is 0.975. The van der Waals surface area contributed by atoms with Gasteiger partial charge in [0.1, 0.15) is 6.04 Å². The summed E-state index contributed by atoms with van der Waals surface area (Å²) in [5.74, 6) is 5.28. The van der Waals surface area contributed by atoms with E-state index >= 15 is 0 Å². The molecule has 0 radical (unpaired) electrons. The number of hydrogen-bond donors (Lipinski definition) is 0. The first-order chi connectivity index (χ1) is 11.3. The first-order valence-electron chi connectivity index (χ1n) is 7.87. The molecule has 0 saturated heterocycles. The first kappa shape index (κ1) is 15.2. The number of benzene rings is 2. The van der Waals surface area contributed by atoms with Crippen LogP contribution in [0.3, 0.4) is 0 Å². The van der Waals surface area contributed by atoms with Gasteiger partial charge >= 0.3 is 5.97 Å². The Labute approximate surface area is 136 Å². The van der Waals surface area contributed by atoms with Crippen molar-refractivity contribution in [1.82, 2.24) is 0 Å². The summed E-state index contributed by atoms with van der Waals surface area (Å²) >= 11 is 0. The third kappa shape index (κ3) is 3.37. The summed E-state index contributed by atoms with van der Waals surface area (Å²) in [5, 5.41) is 0. The second-order valence-electron chi connectivity index (χ2n) is 5.37. The van der Waals surface area contributed by atoms with Crippen LogP contribution in [0.2, 0.25) is 0 Å². The molecule has 1 aliphatic rings. The molecular weight excluding hydrogens is 286 g/mol. The summed E-state index contributed by atoms with van der Waals surface area (Å²) in [5.41, 5.74) is 3.58. The summed E-state index contributed by atoms with van der Waals surface area (Å²) < 4.78 is 4.93. The van der Waals surface area contributed by atoms with Crippen LogP contribution in [0.25, 0.3) is 0 Å². The van der Waals surface area contributed by atoms with Crippen LogP contribution >= 0.6 is 0 Å². The van der Waals surface area contributed by atoms with Gasteiger partial charge in [0, 0.05) is 18.2 Å². The Hall–Kier alpha value is -2.73. The van der Waals surface area contributed by atoms with Crippen LogP contribution in [0.4, 0.5) is 5.69 Å². The van der Waals surface area contributed by atoms with Crippen molar-refractivity contribution in [3.8, 4) is 11.8 Å². The molecule has 0 amide bonds. The van der Waals surface area contributed by atoms with E-state index in [4.69, 9.17) is 4.74 Å². The van der Waals surface area contributed by atoms with Crippen molar-refractivity contribution < 1.29 is 9.53 Å². The first-order valence-corrected chi connectivity index (χ1v) is 7.87. The molecule has 0 saturated carbocycles. The number of carbonyl (C=O) groups excluding carboxylic acids is 1. The van der Waals surface area contributed by atoms with E-state index in [1.807, 2.05) is 30.3 Å². The molecule has 0 fully saturated rings. The van der Waals surface area contributed by atoms with Gasteiger partial charge in [0.25, 0.3) is 0 Å². The SMILES string of the molecule is CCOC(=O)C#CC1c2ccccc2CCN1c1ccccc1. The Bertz CT molecular complexity index is 743. The summed E-state index contributed by atoms with van der Waals surface area (Å²) in [6.45, 7) is 3.01. The van der Waals surface area contributed by atoms with Crippen molar-refractivity contribution in [3.63, 3.8) is 0 Å². The fourth-order valence-corrected chi connectivity index (χ4v) is 2.91. The standard InChI is InChI=1S/C20H19NO2/c1-2-23-20(22)13-12-19-18-11-7-6-8-16(18)14-15-21(19)17-9-4-3-5-10-17/h3-11,19H,2,14-15H2,1H3. The number of anilines is 1. The van der Waals surface area contributed by atoms with Gasteiger partial charge in [0.15, 0.2) is 0 Å². The summed E-state index contributed by atoms with van der Waals surface area (Å²) in [4.78, 5) is 13.9. The number of nitrogens with zero attached hydrogens (tertiary/aromatic N) is 1. The number of para-hydroxylation sites is 1. The van der Waals surface area contributed by atoms with Crippen LogP contribution < -0.4 is 4.90 Å². The van der Waals surface area contributed by atoms with Crippen molar-refractivity contribution in [2.75, 3.05) is 18.1 Å². The van der Waals surface area contributed by atoms with Crippen molar-refractivity contribution >= 4 is 11.7 Å². The highest BCUT2D eigenvalue weighted by molar-refractivity contribution is 5.88. The van der Waals surface area contributed by atoms with Crippen LogP contribution in [-0.2, 0) is 16.0 Å². The number of hydrogen-bond acceptors (Lipinski definition) is 3. The largest absolute Gasteiger partial charge is 0.456 e. The maximum atomic E-state index is 11.6. The van der Waals surface area contributed by atoms with Gasteiger partial charge < -0.3 is 9.64 Å². The van der Waals surface area contributed by atoms with Gasteiger partial charge in [0.2, 0.25) is 0 Å². The van der Waals surface area contributed by atoms with Crippen LogP contribution in [0.15, 0.2) is 54.6 Å². The third-order valence-corrected chi connectivity index (χ3v) is 3.96. The molecule has 0 spiro atoms. The van der Waals surface area contributed by atoms with Gasteiger partial charge in [-0.15, -0.1) is 0 Å². The highest BCUT2D eigenvalue weighted by atomic mass is 16.5. The molecular formula is C20H19NO2. The average molecular weight is 305 g/mol. The Kier molecular flexibility index (Phi) is 4.63. The van der Waals surface area contributed by atoms with E-state index in [1.165, 1.54) is 11.1 Å². The van der Waals surface area contributed by atoms with E-state index in [9.17, 15) is 4.79 Å². The second-order valence-corrected chi connectivity index (χ2v) is 5.37. The fourth-order valence-electron chi connectivity index (χ4n) is 2.91. The van der Waals surface area contributed by atoms with E-state index in [0.29, 0.717) is 6.61 Å². The number of esters is 1. The molecule has 1 aliphatic heterocycles. The average Bonchev–Trinajstić information content (AvgIpc) is 2.60. The van der Waals surface area contributed by atoms with Gasteiger partial charge in [-0.2, -0.15) is 0 Å². The number of ether oxygens (including phenoxy) is 1. The second kappa shape index (κ2) is 7.02. The molecule has 3 nitrogen and oxygen atoms in total. The Balaban J connectivity index is 1.98. The predicted octanol–water partition coefficient (Wildman–Crippen LogP) is 3.36. The maximum absolute atomic E-state index is 11.6. The lowest BCUT2D eigenvalue weighted by atomic mass is 9.92. The minimum atomic E-state index is -0.469. The molecule has 0 aliphatic carbocycles. The van der Waals surface area contributed by atoms with Gasteiger partial charge in [-0.05, 0) is 36.6 Å². The lowest BCUT2D eigenvalue weighted by Crippen LogP contribution is -2.34. The molecule has 3 heteroatoms. The van der Waals surface area contributed by atoms with E-state index < -0.39 is 5.97 Å². The van der Waals surface area contributed by atoms with Crippen molar-refractivity contribution in [3.05, 3.63) is 65.7 Å². The number of fused-ring (bicyclic) bond motifs is 1. The molecule has 0 aromatic heterocycles. The summed E-state index contributed by atoms with van der Waals surface area (Å²) in [7, 11) is 0. The smallest absolute Gasteiger partial charge is 0.384 e. The van der Waals surface area contributed by atoms with Crippen LogP contribution in [0, 0.1) is 11.8 Å². The highest BCUT2D eigenvalue weighted by Crippen LogP contribution is 2.33.